The van der Waals surface area contributed by atoms with Crippen LogP contribution in [0.2, 0.25) is 0 Å². The zero-order valence-electron chi connectivity index (χ0n) is 13.3. The number of pyridine rings is 1. The van der Waals surface area contributed by atoms with E-state index in [-0.39, 0.29) is 24.1 Å². The van der Waals surface area contributed by atoms with Gasteiger partial charge in [-0.3, -0.25) is 9.78 Å². The third-order valence-electron chi connectivity index (χ3n) is 4.14. The van der Waals surface area contributed by atoms with E-state index >= 15 is 0 Å². The van der Waals surface area contributed by atoms with Gasteiger partial charge in [0.15, 0.2) is 0 Å². The molecule has 1 fully saturated rings. The Kier molecular flexibility index (Phi) is 4.85. The van der Waals surface area contributed by atoms with Crippen molar-refractivity contribution in [2.24, 2.45) is 5.92 Å². The van der Waals surface area contributed by atoms with E-state index < -0.39 is 17.7 Å². The fourth-order valence-corrected chi connectivity index (χ4v) is 2.80. The lowest BCUT2D eigenvalue weighted by Crippen LogP contribution is -2.41. The smallest absolute Gasteiger partial charge is 0.256 e. The van der Waals surface area contributed by atoms with Crippen LogP contribution >= 0.6 is 0 Å². The summed E-state index contributed by atoms with van der Waals surface area (Å²) in [7, 11) is 0. The number of carbonyl (C=O) groups is 1. The Labute approximate surface area is 139 Å². The standard InChI is InChI=1S/C18H18F2N2O2/c1-12-7-9-24-17(12)18(23)22(11-14-4-2-3-8-21-14)16-6-5-13(19)10-15(16)20/h2-6,8,10,12,17H,7,9,11H2,1H3/t12-,17+/m1/s1. The largest absolute Gasteiger partial charge is 0.368 e. The molecule has 0 bridgehead atoms. The van der Waals surface area contributed by atoms with Gasteiger partial charge in [0.05, 0.1) is 17.9 Å². The predicted octanol–water partition coefficient (Wildman–Crippen LogP) is 3.32. The predicted molar refractivity (Wildman–Crippen MR) is 85.3 cm³/mol. The number of amides is 1. The Morgan fingerprint density at radius 1 is 1.33 bits per heavy atom. The molecule has 24 heavy (non-hydrogen) atoms. The average Bonchev–Trinajstić information content (AvgIpc) is 3.00. The van der Waals surface area contributed by atoms with E-state index in [9.17, 15) is 13.6 Å². The van der Waals surface area contributed by atoms with Crippen LogP contribution in [-0.2, 0) is 16.1 Å². The van der Waals surface area contributed by atoms with Gasteiger partial charge in [0.2, 0.25) is 0 Å². The SMILES string of the molecule is C[C@@H]1CCO[C@@H]1C(=O)N(Cc1ccccn1)c1ccc(F)cc1F. The Balaban J connectivity index is 1.95. The van der Waals surface area contributed by atoms with E-state index in [1.54, 1.807) is 24.4 Å². The van der Waals surface area contributed by atoms with Crippen LogP contribution in [0.4, 0.5) is 14.5 Å². The van der Waals surface area contributed by atoms with Gasteiger partial charge in [-0.25, -0.2) is 8.78 Å². The highest BCUT2D eigenvalue weighted by atomic mass is 19.1. The topological polar surface area (TPSA) is 42.4 Å². The minimum atomic E-state index is -0.787. The van der Waals surface area contributed by atoms with Gasteiger partial charge in [0.1, 0.15) is 17.7 Å². The molecule has 126 valence electrons. The van der Waals surface area contributed by atoms with Crippen LogP contribution < -0.4 is 4.90 Å². The number of aromatic nitrogens is 1. The molecule has 0 N–H and O–H groups in total. The molecule has 1 amide bonds. The van der Waals surface area contributed by atoms with Crippen molar-refractivity contribution in [2.75, 3.05) is 11.5 Å². The van der Waals surface area contributed by atoms with Crippen molar-refractivity contribution < 1.29 is 18.3 Å². The van der Waals surface area contributed by atoms with Crippen molar-refractivity contribution >= 4 is 11.6 Å². The number of carbonyl (C=O) groups excluding carboxylic acids is 1. The number of halogens is 2. The van der Waals surface area contributed by atoms with Crippen molar-refractivity contribution in [3.63, 3.8) is 0 Å². The summed E-state index contributed by atoms with van der Waals surface area (Å²) in [4.78, 5) is 18.4. The molecule has 1 saturated heterocycles. The van der Waals surface area contributed by atoms with Gasteiger partial charge < -0.3 is 9.64 Å². The molecule has 1 aliphatic rings. The zero-order valence-corrected chi connectivity index (χ0v) is 13.3. The van der Waals surface area contributed by atoms with Crippen LogP contribution in [-0.4, -0.2) is 23.6 Å². The average molecular weight is 332 g/mol. The molecular weight excluding hydrogens is 314 g/mol. The third kappa shape index (κ3) is 3.43. The summed E-state index contributed by atoms with van der Waals surface area (Å²) in [5.41, 5.74) is 0.634. The highest BCUT2D eigenvalue weighted by Crippen LogP contribution is 2.28. The van der Waals surface area contributed by atoms with E-state index in [1.165, 1.54) is 11.0 Å². The van der Waals surface area contributed by atoms with E-state index in [2.05, 4.69) is 4.98 Å². The molecule has 2 heterocycles. The number of hydrogen-bond acceptors (Lipinski definition) is 3. The Morgan fingerprint density at radius 3 is 2.79 bits per heavy atom. The van der Waals surface area contributed by atoms with Crippen LogP contribution in [0.25, 0.3) is 0 Å². The van der Waals surface area contributed by atoms with Gasteiger partial charge in [-0.1, -0.05) is 13.0 Å². The first-order valence-electron chi connectivity index (χ1n) is 7.84. The van der Waals surface area contributed by atoms with Crippen molar-refractivity contribution in [1.29, 1.82) is 0 Å². The lowest BCUT2D eigenvalue weighted by molar-refractivity contribution is -0.128. The lowest BCUT2D eigenvalue weighted by Gasteiger charge is -2.27. The van der Waals surface area contributed by atoms with E-state index in [1.807, 2.05) is 6.92 Å². The van der Waals surface area contributed by atoms with Crippen molar-refractivity contribution in [2.45, 2.75) is 26.0 Å². The number of ether oxygens (including phenoxy) is 1. The van der Waals surface area contributed by atoms with Crippen LogP contribution in [0.1, 0.15) is 19.0 Å². The number of rotatable bonds is 4. The number of anilines is 1. The molecule has 1 aromatic carbocycles. The number of nitrogens with zero attached hydrogens (tertiary/aromatic N) is 2. The normalized spacial score (nSPS) is 20.1. The van der Waals surface area contributed by atoms with Crippen LogP contribution in [0.3, 0.4) is 0 Å². The molecule has 1 aliphatic heterocycles. The van der Waals surface area contributed by atoms with Crippen LogP contribution in [0, 0.1) is 17.6 Å². The summed E-state index contributed by atoms with van der Waals surface area (Å²) < 4.78 is 33.0. The molecule has 2 aromatic rings. The van der Waals surface area contributed by atoms with Crippen molar-refractivity contribution in [3.05, 3.63) is 59.9 Å². The summed E-state index contributed by atoms with van der Waals surface area (Å²) in [6, 6.07) is 8.48. The quantitative estimate of drug-likeness (QED) is 0.862. The third-order valence-corrected chi connectivity index (χ3v) is 4.14. The fraction of sp³-hybridized carbons (Fsp3) is 0.333. The first-order chi connectivity index (χ1) is 11.6. The number of hydrogen-bond donors (Lipinski definition) is 0. The monoisotopic (exact) mass is 332 g/mol. The minimum Gasteiger partial charge on any atom is -0.368 e. The maximum Gasteiger partial charge on any atom is 0.256 e. The molecule has 6 heteroatoms. The highest BCUT2D eigenvalue weighted by molar-refractivity contribution is 5.96. The van der Waals surface area contributed by atoms with Gasteiger partial charge >= 0.3 is 0 Å². The number of benzene rings is 1. The van der Waals surface area contributed by atoms with Gasteiger partial charge in [-0.05, 0) is 36.6 Å². The molecule has 0 spiro atoms. The van der Waals surface area contributed by atoms with Gasteiger partial charge in [0, 0.05) is 18.9 Å². The van der Waals surface area contributed by atoms with E-state index in [0.717, 1.165) is 18.6 Å². The van der Waals surface area contributed by atoms with E-state index in [4.69, 9.17) is 4.74 Å². The lowest BCUT2D eigenvalue weighted by atomic mass is 10.0. The Bertz CT molecular complexity index is 724. The molecule has 0 unspecified atom stereocenters. The van der Waals surface area contributed by atoms with E-state index in [0.29, 0.717) is 12.3 Å². The maximum absolute atomic E-state index is 14.3. The fourth-order valence-electron chi connectivity index (χ4n) is 2.80. The highest BCUT2D eigenvalue weighted by Gasteiger charge is 2.35. The van der Waals surface area contributed by atoms with Crippen molar-refractivity contribution in [1.82, 2.24) is 4.98 Å². The Morgan fingerprint density at radius 2 is 2.17 bits per heavy atom. The summed E-state index contributed by atoms with van der Waals surface area (Å²) >= 11 is 0. The molecule has 0 saturated carbocycles. The molecule has 2 atom stereocenters. The molecule has 0 aliphatic carbocycles. The summed E-state index contributed by atoms with van der Waals surface area (Å²) in [6.07, 6.45) is 1.76. The first kappa shape index (κ1) is 16.5. The van der Waals surface area contributed by atoms with Gasteiger partial charge in [0.25, 0.3) is 5.91 Å². The first-order valence-corrected chi connectivity index (χ1v) is 7.84. The molecule has 1 aromatic heterocycles. The molecule has 0 radical (unpaired) electrons. The second-order valence-corrected chi connectivity index (χ2v) is 5.90. The van der Waals surface area contributed by atoms with Gasteiger partial charge in [-0.2, -0.15) is 0 Å². The zero-order chi connectivity index (χ0) is 17.1. The van der Waals surface area contributed by atoms with Crippen LogP contribution in [0.5, 0.6) is 0 Å². The van der Waals surface area contributed by atoms with Gasteiger partial charge in [-0.15, -0.1) is 0 Å². The maximum atomic E-state index is 14.3. The van der Waals surface area contributed by atoms with Crippen LogP contribution in [0.15, 0.2) is 42.6 Å². The Hall–Kier alpha value is -2.34. The van der Waals surface area contributed by atoms with Crippen molar-refractivity contribution in [3.8, 4) is 0 Å². The second kappa shape index (κ2) is 7.05. The summed E-state index contributed by atoms with van der Waals surface area (Å²) in [6.45, 7) is 2.52. The minimum absolute atomic E-state index is 0.0229. The molecular formula is C18H18F2N2O2. The summed E-state index contributed by atoms with van der Waals surface area (Å²) in [5, 5.41) is 0. The summed E-state index contributed by atoms with van der Waals surface area (Å²) in [5.74, 6) is -1.76. The molecule has 4 nitrogen and oxygen atoms in total. The second-order valence-electron chi connectivity index (χ2n) is 5.90. The molecule has 3 rings (SSSR count).